The average Bonchev–Trinajstić information content (AvgIpc) is 2.65. The first-order valence-corrected chi connectivity index (χ1v) is 8.63. The summed E-state index contributed by atoms with van der Waals surface area (Å²) in [6, 6.07) is 14.2. The zero-order valence-electron chi connectivity index (χ0n) is 13.9. The number of para-hydroxylation sites is 1. The van der Waals surface area contributed by atoms with Crippen molar-refractivity contribution in [2.75, 3.05) is 25.3 Å². The highest BCUT2D eigenvalue weighted by Gasteiger charge is 2.06. The summed E-state index contributed by atoms with van der Waals surface area (Å²) in [4.78, 5) is 29.2. The highest BCUT2D eigenvalue weighted by molar-refractivity contribution is 7.98. The van der Waals surface area contributed by atoms with E-state index in [1.807, 2.05) is 30.5 Å². The van der Waals surface area contributed by atoms with Crippen LogP contribution in [0, 0.1) is 0 Å². The lowest BCUT2D eigenvalue weighted by Gasteiger charge is -2.08. The predicted molar refractivity (Wildman–Crippen MR) is 98.2 cm³/mol. The van der Waals surface area contributed by atoms with Crippen LogP contribution in [0.5, 0.6) is 0 Å². The molecule has 1 N–H and O–H groups in total. The van der Waals surface area contributed by atoms with Crippen LogP contribution in [0.25, 0.3) is 0 Å². The maximum atomic E-state index is 11.9. The molecule has 2 aromatic carbocycles. The van der Waals surface area contributed by atoms with Gasteiger partial charge in [0.25, 0.3) is 5.91 Å². The Bertz CT molecular complexity index is 760. The van der Waals surface area contributed by atoms with E-state index in [2.05, 4.69) is 15.2 Å². The molecule has 0 bridgehead atoms. The molecule has 0 radical (unpaired) electrons. The Labute approximate surface area is 150 Å². The van der Waals surface area contributed by atoms with Crippen LogP contribution in [0.3, 0.4) is 0 Å². The van der Waals surface area contributed by atoms with Gasteiger partial charge in [0.2, 0.25) is 0 Å². The third-order valence-corrected chi connectivity index (χ3v) is 3.98. The molecule has 6 nitrogen and oxygen atoms in total. The predicted octanol–water partition coefficient (Wildman–Crippen LogP) is 3.18. The van der Waals surface area contributed by atoms with Crippen molar-refractivity contribution in [3.05, 3.63) is 59.7 Å². The topological polar surface area (TPSA) is 77.0 Å². The van der Waals surface area contributed by atoms with Crippen LogP contribution in [0.1, 0.15) is 15.9 Å². The number of anilines is 1. The van der Waals surface area contributed by atoms with Gasteiger partial charge in [-0.1, -0.05) is 29.4 Å². The van der Waals surface area contributed by atoms with Gasteiger partial charge in [-0.3, -0.25) is 4.79 Å². The molecule has 7 heteroatoms. The van der Waals surface area contributed by atoms with Crippen LogP contribution in [0.4, 0.5) is 5.69 Å². The van der Waals surface area contributed by atoms with Gasteiger partial charge >= 0.3 is 5.97 Å². The quantitative estimate of drug-likeness (QED) is 0.356. The maximum absolute atomic E-state index is 11.9. The van der Waals surface area contributed by atoms with Gasteiger partial charge in [-0.25, -0.2) is 4.79 Å². The summed E-state index contributed by atoms with van der Waals surface area (Å²) in [5.74, 6) is -0.693. The van der Waals surface area contributed by atoms with Crippen molar-refractivity contribution in [3.63, 3.8) is 0 Å². The molecular weight excluding hydrogens is 340 g/mol. The molecular formula is C18H18N2O4S. The lowest BCUT2D eigenvalue weighted by atomic mass is 10.1. The molecule has 0 aliphatic heterocycles. The van der Waals surface area contributed by atoms with E-state index < -0.39 is 5.97 Å². The Morgan fingerprint density at radius 2 is 1.88 bits per heavy atom. The Morgan fingerprint density at radius 1 is 1.16 bits per heavy atom. The zero-order valence-corrected chi connectivity index (χ0v) is 14.7. The molecule has 0 heterocycles. The normalized spacial score (nSPS) is 10.5. The van der Waals surface area contributed by atoms with E-state index in [9.17, 15) is 9.59 Å². The molecule has 25 heavy (non-hydrogen) atoms. The van der Waals surface area contributed by atoms with Gasteiger partial charge in [-0.2, -0.15) is 0 Å². The summed E-state index contributed by atoms with van der Waals surface area (Å²) < 4.78 is 4.62. The Balaban J connectivity index is 1.82. The van der Waals surface area contributed by atoms with Gasteiger partial charge in [0.1, 0.15) is 0 Å². The first kappa shape index (κ1) is 18.5. The Hall–Kier alpha value is -2.80. The number of amides is 1. The number of ether oxygens (including phenoxy) is 1. The van der Waals surface area contributed by atoms with Gasteiger partial charge in [-0.15, -0.1) is 11.8 Å². The number of nitrogens with zero attached hydrogens (tertiary/aromatic N) is 1. The molecule has 0 atom stereocenters. The van der Waals surface area contributed by atoms with Crippen LogP contribution in [0.2, 0.25) is 0 Å². The summed E-state index contributed by atoms with van der Waals surface area (Å²) in [5.41, 5.74) is 1.93. The van der Waals surface area contributed by atoms with Gasteiger partial charge < -0.3 is 14.9 Å². The summed E-state index contributed by atoms with van der Waals surface area (Å²) in [6.45, 7) is -0.195. The van der Waals surface area contributed by atoms with Crippen LogP contribution < -0.4 is 5.32 Å². The van der Waals surface area contributed by atoms with Gasteiger partial charge in [0.15, 0.2) is 6.61 Å². The van der Waals surface area contributed by atoms with E-state index in [4.69, 9.17) is 4.84 Å². The highest BCUT2D eigenvalue weighted by Crippen LogP contribution is 2.24. The minimum Gasteiger partial charge on any atom is -0.465 e. The molecule has 0 saturated carbocycles. The van der Waals surface area contributed by atoms with Crippen molar-refractivity contribution < 1.29 is 19.2 Å². The Morgan fingerprint density at radius 3 is 2.56 bits per heavy atom. The van der Waals surface area contributed by atoms with E-state index in [0.29, 0.717) is 5.56 Å². The number of hydrogen-bond donors (Lipinski definition) is 1. The average molecular weight is 358 g/mol. The number of hydrogen-bond acceptors (Lipinski definition) is 6. The van der Waals surface area contributed by atoms with Crippen LogP contribution in [-0.2, 0) is 14.4 Å². The van der Waals surface area contributed by atoms with E-state index in [1.54, 1.807) is 36.0 Å². The highest BCUT2D eigenvalue weighted by atomic mass is 32.2. The second kappa shape index (κ2) is 9.48. The Kier molecular flexibility index (Phi) is 7.03. The number of carbonyl (C=O) groups is 2. The van der Waals surface area contributed by atoms with E-state index in [0.717, 1.165) is 16.1 Å². The van der Waals surface area contributed by atoms with Crippen LogP contribution in [-0.4, -0.2) is 38.1 Å². The minimum absolute atomic E-state index is 0.195. The van der Waals surface area contributed by atoms with Gasteiger partial charge in [0.05, 0.1) is 24.6 Å². The van der Waals surface area contributed by atoms with Crippen molar-refractivity contribution >= 4 is 35.5 Å². The fourth-order valence-corrected chi connectivity index (χ4v) is 2.50. The molecule has 0 saturated heterocycles. The fourth-order valence-electron chi connectivity index (χ4n) is 1.95. The molecule has 130 valence electrons. The second-order valence-electron chi connectivity index (χ2n) is 4.87. The molecule has 0 spiro atoms. The standard InChI is InChI=1S/C18H18N2O4S/c1-23-18(22)14-9-7-13(8-10-14)11-19-24-12-17(21)20-15-5-3-4-6-16(15)25-2/h3-11H,12H2,1-2H3,(H,20,21)/b19-11+. The van der Waals surface area contributed by atoms with E-state index >= 15 is 0 Å². The number of methoxy groups -OCH3 is 1. The molecule has 0 unspecified atom stereocenters. The zero-order chi connectivity index (χ0) is 18.1. The van der Waals surface area contributed by atoms with Crippen molar-refractivity contribution in [1.29, 1.82) is 0 Å². The first-order valence-electron chi connectivity index (χ1n) is 7.40. The number of benzene rings is 2. The lowest BCUT2D eigenvalue weighted by molar-refractivity contribution is -0.120. The number of thioether (sulfide) groups is 1. The summed E-state index contributed by atoms with van der Waals surface area (Å²) in [7, 11) is 1.33. The van der Waals surface area contributed by atoms with Crippen LogP contribution >= 0.6 is 11.8 Å². The number of nitrogens with one attached hydrogen (secondary N) is 1. The monoisotopic (exact) mass is 358 g/mol. The summed E-state index contributed by atoms with van der Waals surface area (Å²) in [5, 5.41) is 6.53. The van der Waals surface area contributed by atoms with Crippen molar-refractivity contribution in [1.82, 2.24) is 0 Å². The van der Waals surface area contributed by atoms with Crippen LogP contribution in [0.15, 0.2) is 58.6 Å². The maximum Gasteiger partial charge on any atom is 0.337 e. The largest absolute Gasteiger partial charge is 0.465 e. The number of oxime groups is 1. The molecule has 2 rings (SSSR count). The van der Waals surface area contributed by atoms with E-state index in [1.165, 1.54) is 13.3 Å². The summed E-state index contributed by atoms with van der Waals surface area (Å²) in [6.07, 6.45) is 3.40. The third kappa shape index (κ3) is 5.65. The number of carbonyl (C=O) groups excluding carboxylic acids is 2. The lowest BCUT2D eigenvalue weighted by Crippen LogP contribution is -2.17. The van der Waals surface area contributed by atoms with Crippen molar-refractivity contribution in [3.8, 4) is 0 Å². The van der Waals surface area contributed by atoms with E-state index in [-0.39, 0.29) is 12.5 Å². The molecule has 0 fully saturated rings. The number of rotatable bonds is 7. The first-order chi connectivity index (χ1) is 12.1. The number of esters is 1. The SMILES string of the molecule is COC(=O)c1ccc(/C=N/OCC(=O)Nc2ccccc2SC)cc1. The van der Waals surface area contributed by atoms with Crippen molar-refractivity contribution in [2.45, 2.75) is 4.90 Å². The molecule has 1 amide bonds. The van der Waals surface area contributed by atoms with Gasteiger partial charge in [0, 0.05) is 4.90 Å². The molecule has 0 aliphatic rings. The second-order valence-corrected chi connectivity index (χ2v) is 5.72. The smallest absolute Gasteiger partial charge is 0.337 e. The molecule has 0 aromatic heterocycles. The molecule has 2 aromatic rings. The molecule has 0 aliphatic carbocycles. The van der Waals surface area contributed by atoms with Crippen molar-refractivity contribution in [2.24, 2.45) is 5.16 Å². The fraction of sp³-hybridized carbons (Fsp3) is 0.167. The van der Waals surface area contributed by atoms with Gasteiger partial charge in [-0.05, 0) is 36.1 Å². The summed E-state index contributed by atoms with van der Waals surface area (Å²) >= 11 is 1.55. The third-order valence-electron chi connectivity index (χ3n) is 3.18. The minimum atomic E-state index is -0.401.